The van der Waals surface area contributed by atoms with Crippen LogP contribution in [0.1, 0.15) is 56.5 Å². The number of pyridine rings is 1. The number of rotatable bonds is 6. The molecule has 0 radical (unpaired) electrons. The second-order valence-electron chi connectivity index (χ2n) is 6.66. The molecule has 0 bridgehead atoms. The zero-order valence-corrected chi connectivity index (χ0v) is 16.2. The van der Waals surface area contributed by atoms with Crippen LogP contribution >= 0.6 is 0 Å². The Morgan fingerprint density at radius 1 is 0.828 bits per heavy atom. The van der Waals surface area contributed by atoms with E-state index in [-0.39, 0.29) is 29.2 Å². The molecule has 6 heteroatoms. The lowest BCUT2D eigenvalue weighted by Gasteiger charge is -2.14. The van der Waals surface area contributed by atoms with Gasteiger partial charge in [0, 0.05) is 23.6 Å². The molecule has 1 atom stereocenters. The van der Waals surface area contributed by atoms with Crippen LogP contribution in [0.5, 0.6) is 0 Å². The number of carbonyl (C=O) groups excluding carboxylic acids is 3. The zero-order valence-electron chi connectivity index (χ0n) is 16.2. The first kappa shape index (κ1) is 19.9. The molecule has 0 aliphatic carbocycles. The molecule has 0 aliphatic rings. The minimum Gasteiger partial charge on any atom is -0.345 e. The van der Waals surface area contributed by atoms with E-state index < -0.39 is 0 Å². The van der Waals surface area contributed by atoms with E-state index in [0.717, 1.165) is 5.56 Å². The molecule has 1 heterocycles. The van der Waals surface area contributed by atoms with Crippen LogP contribution in [0.15, 0.2) is 73.1 Å². The average Bonchev–Trinajstić information content (AvgIpc) is 2.74. The van der Waals surface area contributed by atoms with Crippen LogP contribution in [0.25, 0.3) is 0 Å². The van der Waals surface area contributed by atoms with Crippen molar-refractivity contribution in [3.8, 4) is 0 Å². The van der Waals surface area contributed by atoms with Gasteiger partial charge < -0.3 is 10.6 Å². The molecule has 1 unspecified atom stereocenters. The highest BCUT2D eigenvalue weighted by atomic mass is 16.2. The monoisotopic (exact) mass is 387 g/mol. The molecule has 0 aliphatic heterocycles. The zero-order chi connectivity index (χ0) is 20.8. The van der Waals surface area contributed by atoms with Crippen LogP contribution in [0, 0.1) is 0 Å². The van der Waals surface area contributed by atoms with Crippen molar-refractivity contribution in [3.63, 3.8) is 0 Å². The van der Waals surface area contributed by atoms with Crippen LogP contribution in [0.3, 0.4) is 0 Å². The van der Waals surface area contributed by atoms with Crippen LogP contribution in [0.4, 0.5) is 5.69 Å². The molecule has 2 N–H and O–H groups in total. The number of hydrogen-bond acceptors (Lipinski definition) is 4. The summed E-state index contributed by atoms with van der Waals surface area (Å²) in [5.41, 5.74) is 2.66. The quantitative estimate of drug-likeness (QED) is 0.625. The summed E-state index contributed by atoms with van der Waals surface area (Å²) in [6, 6.07) is 17.5. The highest BCUT2D eigenvalue weighted by Gasteiger charge is 2.14. The van der Waals surface area contributed by atoms with E-state index in [0.29, 0.717) is 16.8 Å². The van der Waals surface area contributed by atoms with Crippen LogP contribution in [-0.2, 0) is 0 Å². The predicted molar refractivity (Wildman–Crippen MR) is 111 cm³/mol. The Bertz CT molecular complexity index is 1030. The topological polar surface area (TPSA) is 88.2 Å². The van der Waals surface area contributed by atoms with E-state index in [1.54, 1.807) is 24.3 Å². The largest absolute Gasteiger partial charge is 0.345 e. The normalized spacial score (nSPS) is 11.4. The maximum Gasteiger partial charge on any atom is 0.257 e. The fraction of sp³-hybridized carbons (Fsp3) is 0.130. The number of ketones is 1. The molecule has 146 valence electrons. The lowest BCUT2D eigenvalue weighted by Crippen LogP contribution is -2.27. The summed E-state index contributed by atoms with van der Waals surface area (Å²) >= 11 is 0. The second-order valence-corrected chi connectivity index (χ2v) is 6.66. The highest BCUT2D eigenvalue weighted by Crippen LogP contribution is 2.14. The summed E-state index contributed by atoms with van der Waals surface area (Å²) in [4.78, 5) is 40.4. The third-order valence-electron chi connectivity index (χ3n) is 4.46. The first-order valence-corrected chi connectivity index (χ1v) is 9.17. The van der Waals surface area contributed by atoms with E-state index in [9.17, 15) is 14.4 Å². The lowest BCUT2D eigenvalue weighted by atomic mass is 10.1. The van der Waals surface area contributed by atoms with Gasteiger partial charge >= 0.3 is 0 Å². The molecule has 0 saturated carbocycles. The predicted octanol–water partition coefficient (Wildman–Crippen LogP) is 4.03. The minimum atomic E-state index is -0.390. The Kier molecular flexibility index (Phi) is 6.14. The van der Waals surface area contributed by atoms with E-state index in [1.807, 2.05) is 37.3 Å². The number of nitrogens with zero attached hydrogens (tertiary/aromatic N) is 1. The summed E-state index contributed by atoms with van der Waals surface area (Å²) < 4.78 is 0. The number of carbonyl (C=O) groups is 3. The van der Waals surface area contributed by atoms with E-state index in [4.69, 9.17) is 0 Å². The first-order valence-electron chi connectivity index (χ1n) is 9.17. The van der Waals surface area contributed by atoms with Gasteiger partial charge in [-0.2, -0.15) is 0 Å². The number of nitrogens with one attached hydrogen (secondary N) is 2. The number of aromatic nitrogens is 1. The fourth-order valence-electron chi connectivity index (χ4n) is 2.78. The van der Waals surface area contributed by atoms with Crippen molar-refractivity contribution >= 4 is 23.3 Å². The van der Waals surface area contributed by atoms with Crippen LogP contribution in [-0.4, -0.2) is 22.6 Å². The summed E-state index contributed by atoms with van der Waals surface area (Å²) in [6.45, 7) is 3.37. The Morgan fingerprint density at radius 2 is 1.45 bits per heavy atom. The minimum absolute atomic E-state index is 0.0458. The lowest BCUT2D eigenvalue weighted by molar-refractivity contribution is 0.0938. The maximum atomic E-state index is 12.5. The Balaban J connectivity index is 1.68. The third-order valence-corrected chi connectivity index (χ3v) is 4.46. The molecule has 2 amide bonds. The Morgan fingerprint density at radius 3 is 2.07 bits per heavy atom. The summed E-state index contributed by atoms with van der Waals surface area (Å²) in [5, 5.41) is 5.64. The van der Waals surface area contributed by atoms with Gasteiger partial charge in [-0.3, -0.25) is 19.4 Å². The van der Waals surface area contributed by atoms with Crippen molar-refractivity contribution < 1.29 is 14.4 Å². The maximum absolute atomic E-state index is 12.5. The number of hydrogen-bond donors (Lipinski definition) is 2. The third kappa shape index (κ3) is 5.13. The first-order chi connectivity index (χ1) is 13.9. The number of Topliss-reactive ketones (excluding diaryl/α,β-unsaturated/α-hetero) is 1. The van der Waals surface area contributed by atoms with Crippen molar-refractivity contribution in [2.24, 2.45) is 0 Å². The molecule has 29 heavy (non-hydrogen) atoms. The van der Waals surface area contributed by atoms with E-state index in [1.165, 1.54) is 25.4 Å². The van der Waals surface area contributed by atoms with Gasteiger partial charge in [0.15, 0.2) is 5.78 Å². The number of anilines is 1. The molecule has 0 spiro atoms. The Hall–Kier alpha value is -3.80. The molecule has 0 saturated heterocycles. The average molecular weight is 387 g/mol. The standard InChI is InChI=1S/C23H21N3O3/c1-15(17-6-4-3-5-7-17)25-22(28)19-12-20(14-24-13-19)23(29)26-21-10-8-18(9-11-21)16(2)27/h3-15H,1-2H3,(H,25,28)(H,26,29). The fourth-order valence-corrected chi connectivity index (χ4v) is 2.78. The van der Waals surface area contributed by atoms with Crippen molar-refractivity contribution in [2.75, 3.05) is 5.32 Å². The van der Waals surface area contributed by atoms with Gasteiger partial charge in [-0.05, 0) is 49.7 Å². The molecule has 1 aromatic heterocycles. The van der Waals surface area contributed by atoms with E-state index in [2.05, 4.69) is 15.6 Å². The summed E-state index contributed by atoms with van der Waals surface area (Å²) in [5.74, 6) is -0.747. The summed E-state index contributed by atoms with van der Waals surface area (Å²) in [6.07, 6.45) is 2.82. The molecule has 0 fully saturated rings. The van der Waals surface area contributed by atoms with Crippen molar-refractivity contribution in [1.82, 2.24) is 10.3 Å². The van der Waals surface area contributed by atoms with Gasteiger partial charge in [0.1, 0.15) is 0 Å². The molecule has 3 aromatic rings. The number of benzene rings is 2. The molecule has 6 nitrogen and oxygen atoms in total. The van der Waals surface area contributed by atoms with Gasteiger partial charge in [0.05, 0.1) is 17.2 Å². The highest BCUT2D eigenvalue weighted by molar-refractivity contribution is 6.06. The van der Waals surface area contributed by atoms with Gasteiger partial charge in [-0.25, -0.2) is 0 Å². The summed E-state index contributed by atoms with van der Waals surface area (Å²) in [7, 11) is 0. The molecule has 2 aromatic carbocycles. The Labute approximate surface area is 169 Å². The molecular formula is C23H21N3O3. The van der Waals surface area contributed by atoms with Crippen molar-refractivity contribution in [1.29, 1.82) is 0 Å². The molecule has 3 rings (SSSR count). The van der Waals surface area contributed by atoms with Gasteiger partial charge in [-0.15, -0.1) is 0 Å². The molecular weight excluding hydrogens is 366 g/mol. The SMILES string of the molecule is CC(=O)c1ccc(NC(=O)c2cncc(C(=O)NC(C)c3ccccc3)c2)cc1. The number of amides is 2. The van der Waals surface area contributed by atoms with Crippen molar-refractivity contribution in [3.05, 3.63) is 95.3 Å². The van der Waals surface area contributed by atoms with Crippen LogP contribution < -0.4 is 10.6 Å². The van der Waals surface area contributed by atoms with Gasteiger partial charge in [0.2, 0.25) is 0 Å². The van der Waals surface area contributed by atoms with Crippen LogP contribution in [0.2, 0.25) is 0 Å². The smallest absolute Gasteiger partial charge is 0.257 e. The van der Waals surface area contributed by atoms with Gasteiger partial charge in [0.25, 0.3) is 11.8 Å². The van der Waals surface area contributed by atoms with E-state index >= 15 is 0 Å². The van der Waals surface area contributed by atoms with Gasteiger partial charge in [-0.1, -0.05) is 30.3 Å². The van der Waals surface area contributed by atoms with Crippen molar-refractivity contribution in [2.45, 2.75) is 19.9 Å². The second kappa shape index (κ2) is 8.93.